The van der Waals surface area contributed by atoms with Crippen molar-refractivity contribution in [2.45, 2.75) is 39.1 Å². The molecule has 0 aliphatic carbocycles. The number of carbonyl (C=O) groups excluding carboxylic acids is 1. The van der Waals surface area contributed by atoms with E-state index < -0.39 is 5.82 Å². The predicted molar refractivity (Wildman–Crippen MR) is 157 cm³/mol. The number of pyridine rings is 1. The molecule has 2 aromatic carbocycles. The van der Waals surface area contributed by atoms with Crippen LogP contribution in [0.2, 0.25) is 0 Å². The minimum Gasteiger partial charge on any atom is -0.473 e. The molecule has 6 rings (SSSR count). The Morgan fingerprint density at radius 3 is 2.65 bits per heavy atom. The van der Waals surface area contributed by atoms with E-state index in [0.717, 1.165) is 67.4 Å². The molecule has 4 heterocycles. The first kappa shape index (κ1) is 28.6. The number of imidazole rings is 1. The molecule has 0 spiro atoms. The normalized spacial score (nSPS) is 17.0. The number of rotatable bonds is 9. The molecule has 2 aliphatic heterocycles. The summed E-state index contributed by atoms with van der Waals surface area (Å²) in [6.45, 7) is 7.32. The van der Waals surface area contributed by atoms with E-state index in [2.05, 4.69) is 19.4 Å². The van der Waals surface area contributed by atoms with Gasteiger partial charge in [0.05, 0.1) is 54.5 Å². The Bertz CT molecular complexity index is 1690. The third kappa shape index (κ3) is 6.16. The molecule has 0 radical (unpaired) electrons. The summed E-state index contributed by atoms with van der Waals surface area (Å²) in [5.41, 5.74) is 3.91. The zero-order valence-electron chi connectivity index (χ0n) is 24.3. The number of anilines is 1. The maximum atomic E-state index is 14.3. The van der Waals surface area contributed by atoms with Gasteiger partial charge in [0.2, 0.25) is 5.88 Å². The molecule has 4 aromatic rings. The average molecular weight is 585 g/mol. The van der Waals surface area contributed by atoms with E-state index in [1.165, 1.54) is 13.2 Å². The Labute approximate surface area is 249 Å². The number of aromatic nitrogens is 3. The van der Waals surface area contributed by atoms with Gasteiger partial charge in [-0.15, -0.1) is 0 Å². The molecule has 2 fully saturated rings. The summed E-state index contributed by atoms with van der Waals surface area (Å²) < 4.78 is 33.0. The monoisotopic (exact) mass is 584 g/mol. The largest absolute Gasteiger partial charge is 0.473 e. The van der Waals surface area contributed by atoms with Crippen LogP contribution >= 0.6 is 0 Å². The summed E-state index contributed by atoms with van der Waals surface area (Å²) in [5, 5.41) is 8.95. The van der Waals surface area contributed by atoms with Gasteiger partial charge in [0.25, 0.3) is 0 Å². The van der Waals surface area contributed by atoms with Crippen LogP contribution in [0.4, 0.5) is 10.2 Å². The van der Waals surface area contributed by atoms with Gasteiger partial charge in [-0.1, -0.05) is 12.1 Å². The topological polar surface area (TPSA) is 106 Å². The number of aryl methyl sites for hydroxylation is 1. The number of nitriles is 1. The van der Waals surface area contributed by atoms with Crippen molar-refractivity contribution >= 4 is 22.8 Å². The summed E-state index contributed by atoms with van der Waals surface area (Å²) >= 11 is 0. The molecule has 0 amide bonds. The van der Waals surface area contributed by atoms with Gasteiger partial charge in [0.1, 0.15) is 24.1 Å². The summed E-state index contributed by atoms with van der Waals surface area (Å²) in [5.74, 6) is 1.33. The van der Waals surface area contributed by atoms with Crippen molar-refractivity contribution in [3.05, 3.63) is 82.4 Å². The Hall–Kier alpha value is -4.53. The first-order valence-electron chi connectivity index (χ1n) is 14.4. The van der Waals surface area contributed by atoms with Gasteiger partial charge >= 0.3 is 5.97 Å². The first-order chi connectivity index (χ1) is 20.9. The third-order valence-electron chi connectivity index (χ3n) is 8.05. The lowest BCUT2D eigenvalue weighted by atomic mass is 10.1. The number of nitrogens with zero attached hydrogens (tertiary/aromatic N) is 6. The second-order valence-electron chi connectivity index (χ2n) is 10.9. The number of hydrogen-bond donors (Lipinski definition) is 0. The lowest BCUT2D eigenvalue weighted by molar-refractivity contribution is -0.0592. The van der Waals surface area contributed by atoms with Gasteiger partial charge in [0, 0.05) is 44.4 Å². The molecule has 0 bridgehead atoms. The van der Waals surface area contributed by atoms with E-state index in [9.17, 15) is 9.18 Å². The number of hydrogen-bond acceptors (Lipinski definition) is 9. The number of esters is 1. The second-order valence-corrected chi connectivity index (χ2v) is 10.9. The third-order valence-corrected chi connectivity index (χ3v) is 8.05. The number of halogens is 1. The summed E-state index contributed by atoms with van der Waals surface area (Å²) in [7, 11) is 1.39. The van der Waals surface area contributed by atoms with Crippen molar-refractivity contribution in [3.8, 4) is 11.9 Å². The highest BCUT2D eigenvalue weighted by atomic mass is 19.1. The Morgan fingerprint density at radius 1 is 1.14 bits per heavy atom. The van der Waals surface area contributed by atoms with Crippen LogP contribution in [0.25, 0.3) is 11.0 Å². The highest BCUT2D eigenvalue weighted by Gasteiger charge is 2.26. The zero-order chi connectivity index (χ0) is 29.9. The van der Waals surface area contributed by atoms with E-state index in [1.54, 1.807) is 18.2 Å². The fraction of sp³-hybridized carbons (Fsp3) is 0.375. The molecule has 222 valence electrons. The van der Waals surface area contributed by atoms with Crippen LogP contribution in [-0.4, -0.2) is 71.4 Å². The van der Waals surface area contributed by atoms with Gasteiger partial charge < -0.3 is 23.7 Å². The molecular formula is C32H33FN6O4. The standard InChI is InChI=1S/C32H33FN6O4/c1-21-14-24(32(40)41-2)16-27-31(21)36-29(39(27)18-25-8-13-42-25)19-37-9-11-38(12-10-37)28-4-3-5-30(35-28)43-20-23-7-6-22(17-34)15-26(23)33/h3-7,14-16,25H,8-13,18-20H2,1-2H3/t25-/m0/s1. The highest BCUT2D eigenvalue weighted by molar-refractivity contribution is 5.95. The van der Waals surface area contributed by atoms with Crippen LogP contribution in [0.1, 0.15) is 39.3 Å². The molecular weight excluding hydrogens is 551 g/mol. The maximum absolute atomic E-state index is 14.3. The van der Waals surface area contributed by atoms with E-state index in [0.29, 0.717) is 30.1 Å². The Balaban J connectivity index is 1.12. The average Bonchev–Trinajstić information content (AvgIpc) is 3.35. The van der Waals surface area contributed by atoms with Gasteiger partial charge in [-0.3, -0.25) is 4.90 Å². The van der Waals surface area contributed by atoms with Gasteiger partial charge in [-0.05, 0) is 49.2 Å². The molecule has 1 atom stereocenters. The van der Waals surface area contributed by atoms with E-state index >= 15 is 0 Å². The van der Waals surface area contributed by atoms with Gasteiger partial charge in [0.15, 0.2) is 0 Å². The number of fused-ring (bicyclic) bond motifs is 1. The molecule has 0 N–H and O–H groups in total. The van der Waals surface area contributed by atoms with Crippen LogP contribution in [-0.2, 0) is 29.2 Å². The lowest BCUT2D eigenvalue weighted by Crippen LogP contribution is -2.46. The van der Waals surface area contributed by atoms with Crippen molar-refractivity contribution in [2.24, 2.45) is 0 Å². The SMILES string of the molecule is COC(=O)c1cc(C)c2nc(CN3CCN(c4cccc(OCc5ccc(C#N)cc5F)n4)CC3)n(C[C@@H]3CCO3)c2c1. The zero-order valence-corrected chi connectivity index (χ0v) is 24.3. The van der Waals surface area contributed by atoms with Crippen molar-refractivity contribution in [3.63, 3.8) is 0 Å². The quantitative estimate of drug-likeness (QED) is 0.267. The fourth-order valence-corrected chi connectivity index (χ4v) is 5.51. The van der Waals surface area contributed by atoms with E-state index in [1.807, 2.05) is 37.3 Å². The van der Waals surface area contributed by atoms with Crippen LogP contribution in [0.3, 0.4) is 0 Å². The number of ether oxygens (including phenoxy) is 3. The second kappa shape index (κ2) is 12.4. The lowest BCUT2D eigenvalue weighted by Gasteiger charge is -2.35. The minimum atomic E-state index is -0.473. The summed E-state index contributed by atoms with van der Waals surface area (Å²) in [6, 6.07) is 15.6. The molecule has 0 unspecified atom stereocenters. The van der Waals surface area contributed by atoms with E-state index in [4.69, 9.17) is 24.5 Å². The number of carbonyl (C=O) groups is 1. The Morgan fingerprint density at radius 2 is 1.95 bits per heavy atom. The first-order valence-corrected chi connectivity index (χ1v) is 14.4. The van der Waals surface area contributed by atoms with Crippen LogP contribution in [0, 0.1) is 24.1 Å². The molecule has 2 saturated heterocycles. The molecule has 11 heteroatoms. The van der Waals surface area contributed by atoms with E-state index in [-0.39, 0.29) is 24.2 Å². The summed E-state index contributed by atoms with van der Waals surface area (Å²) in [6.07, 6.45) is 1.15. The van der Waals surface area contributed by atoms with Crippen LogP contribution in [0.15, 0.2) is 48.5 Å². The minimum absolute atomic E-state index is 0.0231. The van der Waals surface area contributed by atoms with Gasteiger partial charge in [-0.25, -0.2) is 14.2 Å². The molecule has 0 saturated carbocycles. The van der Waals surface area contributed by atoms with Crippen molar-refractivity contribution in [1.82, 2.24) is 19.4 Å². The fourth-order valence-electron chi connectivity index (χ4n) is 5.51. The molecule has 43 heavy (non-hydrogen) atoms. The van der Waals surface area contributed by atoms with Gasteiger partial charge in [-0.2, -0.15) is 10.2 Å². The molecule has 2 aliphatic rings. The summed E-state index contributed by atoms with van der Waals surface area (Å²) in [4.78, 5) is 26.6. The molecule has 2 aromatic heterocycles. The van der Waals surface area contributed by atoms with Crippen LogP contribution in [0.5, 0.6) is 5.88 Å². The molecule has 10 nitrogen and oxygen atoms in total. The van der Waals surface area contributed by atoms with Crippen LogP contribution < -0.4 is 9.64 Å². The van der Waals surface area contributed by atoms with Crippen molar-refractivity contribution in [1.29, 1.82) is 5.26 Å². The predicted octanol–water partition coefficient (Wildman–Crippen LogP) is 4.23. The smallest absolute Gasteiger partial charge is 0.337 e. The maximum Gasteiger partial charge on any atom is 0.337 e. The number of benzene rings is 2. The Kier molecular flexibility index (Phi) is 8.22. The van der Waals surface area contributed by atoms with Crippen molar-refractivity contribution < 1.29 is 23.4 Å². The van der Waals surface area contributed by atoms with Crippen molar-refractivity contribution in [2.75, 3.05) is 44.8 Å². The number of piperazine rings is 1. The highest BCUT2D eigenvalue weighted by Crippen LogP contribution is 2.27. The number of methoxy groups -OCH3 is 1.